The van der Waals surface area contributed by atoms with Gasteiger partial charge in [-0.25, -0.2) is 9.18 Å². The second-order valence-corrected chi connectivity index (χ2v) is 6.98. The molecule has 9 heteroatoms. The third-order valence-electron chi connectivity index (χ3n) is 4.97. The summed E-state index contributed by atoms with van der Waals surface area (Å²) >= 11 is 0. The number of halogens is 1. The van der Waals surface area contributed by atoms with E-state index in [2.05, 4.69) is 5.10 Å². The number of likely N-dealkylation sites (N-methyl/N-ethyl adjacent to an activating group) is 1. The van der Waals surface area contributed by atoms with Gasteiger partial charge in [0.15, 0.2) is 5.82 Å². The third-order valence-corrected chi connectivity index (χ3v) is 4.97. The van der Waals surface area contributed by atoms with Crippen molar-refractivity contribution in [3.05, 3.63) is 65.7 Å². The molecule has 1 aromatic heterocycles. The lowest BCUT2D eigenvalue weighted by Crippen LogP contribution is -2.43. The molecule has 0 saturated carbocycles. The zero-order chi connectivity index (χ0) is 21.4. The minimum atomic E-state index is -1.42. The monoisotopic (exact) mass is 410 g/mol. The molecule has 0 aliphatic carbocycles. The number of fused-ring (bicyclic) bond motifs is 1. The number of aromatic nitrogens is 2. The van der Waals surface area contributed by atoms with Gasteiger partial charge in [-0.15, -0.1) is 0 Å². The summed E-state index contributed by atoms with van der Waals surface area (Å²) in [6.45, 7) is 0.257. The minimum Gasteiger partial charge on any atom is -0.489 e. The van der Waals surface area contributed by atoms with Gasteiger partial charge in [0.2, 0.25) is 11.6 Å². The highest BCUT2D eigenvalue weighted by Crippen LogP contribution is 2.36. The molecule has 30 heavy (non-hydrogen) atoms. The van der Waals surface area contributed by atoms with Crippen LogP contribution in [0.3, 0.4) is 0 Å². The molecule has 1 aliphatic rings. The molecule has 3 aromatic rings. The number of hydrogen-bond acceptors (Lipinski definition) is 5. The van der Waals surface area contributed by atoms with Crippen LogP contribution in [0.4, 0.5) is 10.1 Å². The van der Waals surface area contributed by atoms with Crippen molar-refractivity contribution in [3.8, 4) is 16.9 Å². The summed E-state index contributed by atoms with van der Waals surface area (Å²) in [5.74, 6) is -2.00. The third kappa shape index (κ3) is 3.50. The van der Waals surface area contributed by atoms with Crippen LogP contribution in [0.25, 0.3) is 11.1 Å². The van der Waals surface area contributed by atoms with Gasteiger partial charge in [-0.3, -0.25) is 9.48 Å². The fourth-order valence-electron chi connectivity index (χ4n) is 3.43. The number of nitrogens with zero attached hydrogens (tertiary/aromatic N) is 3. The lowest BCUT2D eigenvalue weighted by Gasteiger charge is -2.18. The molecule has 1 atom stereocenters. The average molecular weight is 410 g/mol. The molecule has 0 bridgehead atoms. The van der Waals surface area contributed by atoms with Gasteiger partial charge in [-0.2, -0.15) is 5.10 Å². The summed E-state index contributed by atoms with van der Waals surface area (Å²) in [6.07, 6.45) is 1.06. The lowest BCUT2D eigenvalue weighted by atomic mass is 9.99. The second kappa shape index (κ2) is 7.60. The van der Waals surface area contributed by atoms with Crippen LogP contribution in [-0.4, -0.2) is 46.5 Å². The maximum absolute atomic E-state index is 13.8. The average Bonchev–Trinajstić information content (AvgIpc) is 3.06. The van der Waals surface area contributed by atoms with Crippen molar-refractivity contribution < 1.29 is 23.8 Å². The highest BCUT2D eigenvalue weighted by atomic mass is 19.1. The Hall–Kier alpha value is -3.72. The van der Waals surface area contributed by atoms with Crippen molar-refractivity contribution >= 4 is 17.6 Å². The fraction of sp³-hybridized carbons (Fsp3) is 0.190. The maximum Gasteiger partial charge on any atom is 0.359 e. The highest BCUT2D eigenvalue weighted by molar-refractivity contribution is 5.99. The van der Waals surface area contributed by atoms with Crippen LogP contribution in [0.2, 0.25) is 0 Å². The minimum absolute atomic E-state index is 0.0752. The first-order valence-electron chi connectivity index (χ1n) is 9.19. The van der Waals surface area contributed by atoms with Crippen molar-refractivity contribution in [2.75, 3.05) is 18.6 Å². The van der Waals surface area contributed by atoms with E-state index in [1.54, 1.807) is 13.1 Å². The van der Waals surface area contributed by atoms with E-state index >= 15 is 0 Å². The number of ether oxygens (including phenoxy) is 1. The Labute approximate surface area is 171 Å². The molecule has 1 aliphatic heterocycles. The van der Waals surface area contributed by atoms with Crippen molar-refractivity contribution in [3.63, 3.8) is 0 Å². The Morgan fingerprint density at radius 2 is 2.10 bits per heavy atom. The van der Waals surface area contributed by atoms with Gasteiger partial charge in [0.25, 0.3) is 0 Å². The van der Waals surface area contributed by atoms with E-state index in [9.17, 15) is 14.0 Å². The fourth-order valence-corrected chi connectivity index (χ4v) is 3.43. The van der Waals surface area contributed by atoms with Crippen LogP contribution in [0.5, 0.6) is 5.75 Å². The number of carboxylic acid groups (broad SMARTS) is 1. The van der Waals surface area contributed by atoms with E-state index in [4.69, 9.17) is 15.6 Å². The molecule has 8 nitrogen and oxygen atoms in total. The molecule has 0 radical (unpaired) electrons. The molecule has 0 fully saturated rings. The van der Waals surface area contributed by atoms with Crippen LogP contribution < -0.4 is 15.4 Å². The molecule has 4 rings (SSSR count). The first kappa shape index (κ1) is 19.6. The Balaban J connectivity index is 1.70. The van der Waals surface area contributed by atoms with E-state index in [0.29, 0.717) is 11.4 Å². The summed E-state index contributed by atoms with van der Waals surface area (Å²) < 4.78 is 20.8. The first-order valence-corrected chi connectivity index (χ1v) is 9.19. The molecule has 0 unspecified atom stereocenters. The maximum atomic E-state index is 13.8. The topological polar surface area (TPSA) is 111 Å². The number of hydrogen-bond donors (Lipinski definition) is 2. The van der Waals surface area contributed by atoms with Crippen molar-refractivity contribution in [2.24, 2.45) is 5.73 Å². The van der Waals surface area contributed by atoms with E-state index in [-0.39, 0.29) is 19.1 Å². The molecular weight excluding hydrogens is 391 g/mol. The quantitative estimate of drug-likeness (QED) is 0.682. The van der Waals surface area contributed by atoms with Gasteiger partial charge in [-0.1, -0.05) is 30.3 Å². The van der Waals surface area contributed by atoms with Crippen LogP contribution in [-0.2, 0) is 11.3 Å². The van der Waals surface area contributed by atoms with Crippen LogP contribution in [0, 0.1) is 5.82 Å². The summed E-state index contributed by atoms with van der Waals surface area (Å²) in [6, 6.07) is 12.2. The Morgan fingerprint density at radius 1 is 1.33 bits per heavy atom. The van der Waals surface area contributed by atoms with E-state index in [1.165, 1.54) is 9.58 Å². The largest absolute Gasteiger partial charge is 0.489 e. The predicted molar refractivity (Wildman–Crippen MR) is 107 cm³/mol. The predicted octanol–water partition coefficient (Wildman–Crippen LogP) is 2.12. The molecule has 2 heterocycles. The first-order chi connectivity index (χ1) is 14.3. The Kier molecular flexibility index (Phi) is 4.96. The van der Waals surface area contributed by atoms with Crippen LogP contribution >= 0.6 is 0 Å². The number of carbonyl (C=O) groups excluding carboxylic acids is 1. The van der Waals surface area contributed by atoms with Crippen molar-refractivity contribution in [2.45, 2.75) is 12.6 Å². The smallest absolute Gasteiger partial charge is 0.359 e. The molecule has 1 amide bonds. The van der Waals surface area contributed by atoms with E-state index in [0.717, 1.165) is 22.9 Å². The number of nitrogens with two attached hydrogens (primary N) is 1. The number of aromatic carboxylic acids is 1. The van der Waals surface area contributed by atoms with E-state index < -0.39 is 23.5 Å². The van der Waals surface area contributed by atoms with Gasteiger partial charge >= 0.3 is 5.97 Å². The Bertz CT molecular complexity index is 1140. The normalized spacial score (nSPS) is 16.0. The van der Waals surface area contributed by atoms with E-state index in [1.807, 2.05) is 36.4 Å². The number of anilines is 1. The lowest BCUT2D eigenvalue weighted by molar-refractivity contribution is -0.119. The SMILES string of the molecule is CN1C(=O)[C@@H](N)COc2cc(-c3ccccc3Cn3cc(F)c(C(=O)O)n3)ccc21. The number of rotatable bonds is 4. The van der Waals surface area contributed by atoms with Gasteiger partial charge in [0.1, 0.15) is 18.4 Å². The standard InChI is InChI=1S/C21H19FN4O4/c1-25-17-7-6-12(8-18(17)30-11-16(23)20(25)27)14-5-3-2-4-13(14)9-26-10-15(22)19(24-26)21(28)29/h2-8,10,16H,9,11,23H2,1H3,(H,28,29)/t16-/m0/s1. The zero-order valence-electron chi connectivity index (χ0n) is 16.1. The van der Waals surface area contributed by atoms with Gasteiger partial charge in [-0.05, 0) is 28.8 Å². The summed E-state index contributed by atoms with van der Waals surface area (Å²) in [5, 5.41) is 12.8. The summed E-state index contributed by atoms with van der Waals surface area (Å²) in [4.78, 5) is 24.8. The van der Waals surface area contributed by atoms with Crippen LogP contribution in [0.1, 0.15) is 16.1 Å². The number of carboxylic acids is 1. The molecular formula is C21H19FN4O4. The molecule has 0 spiro atoms. The van der Waals surface area contributed by atoms with Gasteiger partial charge in [0, 0.05) is 7.05 Å². The molecule has 2 aromatic carbocycles. The molecule has 0 saturated heterocycles. The van der Waals surface area contributed by atoms with Crippen LogP contribution in [0.15, 0.2) is 48.7 Å². The molecule has 3 N–H and O–H groups in total. The summed E-state index contributed by atoms with van der Waals surface area (Å²) in [5.41, 5.74) is 8.33. The zero-order valence-corrected chi connectivity index (χ0v) is 16.1. The Morgan fingerprint density at radius 3 is 2.83 bits per heavy atom. The van der Waals surface area contributed by atoms with Crippen molar-refractivity contribution in [1.82, 2.24) is 9.78 Å². The van der Waals surface area contributed by atoms with Gasteiger partial charge in [0.05, 0.1) is 18.4 Å². The molecule has 154 valence electrons. The second-order valence-electron chi connectivity index (χ2n) is 6.98. The number of amides is 1. The number of benzene rings is 2. The highest BCUT2D eigenvalue weighted by Gasteiger charge is 2.27. The number of carbonyl (C=O) groups is 2. The van der Waals surface area contributed by atoms with Gasteiger partial charge < -0.3 is 20.5 Å². The van der Waals surface area contributed by atoms with Crippen molar-refractivity contribution in [1.29, 1.82) is 0 Å². The summed E-state index contributed by atoms with van der Waals surface area (Å²) in [7, 11) is 1.65.